The second-order valence-corrected chi connectivity index (χ2v) is 12.5. The molecule has 45 heavy (non-hydrogen) atoms. The molecule has 4 aromatic rings. The molecule has 3 aromatic heterocycles. The summed E-state index contributed by atoms with van der Waals surface area (Å²) in [6.45, 7) is 4.48. The third-order valence-corrected chi connectivity index (χ3v) is 9.78. The Balaban J connectivity index is 1.12. The van der Waals surface area contributed by atoms with Gasteiger partial charge in [-0.2, -0.15) is 5.10 Å². The fourth-order valence-electron chi connectivity index (χ4n) is 7.33. The highest BCUT2D eigenvalue weighted by atomic mass is 19.1. The number of pyridine rings is 1. The van der Waals surface area contributed by atoms with Gasteiger partial charge in [-0.15, -0.1) is 0 Å². The number of hydrogen-bond acceptors (Lipinski definition) is 7. The fraction of sp³-hybridized carbons (Fsp3) is 0.424. The molecule has 3 aliphatic heterocycles. The van der Waals surface area contributed by atoms with Crippen molar-refractivity contribution in [3.05, 3.63) is 80.9 Å². The topological polar surface area (TPSA) is 110 Å². The molecule has 1 aromatic carbocycles. The molecule has 0 saturated carbocycles. The molecule has 1 fully saturated rings. The number of rotatable bonds is 6. The van der Waals surface area contributed by atoms with E-state index in [9.17, 15) is 14.7 Å². The molecular weight excluding hydrogens is 577 g/mol. The molecule has 12 heteroatoms. The zero-order valence-electron chi connectivity index (χ0n) is 25.3. The summed E-state index contributed by atoms with van der Waals surface area (Å²) in [5, 5.41) is 18.5. The number of nitrogens with zero attached hydrogens (tertiary/aromatic N) is 6. The Labute approximate surface area is 259 Å². The van der Waals surface area contributed by atoms with Crippen molar-refractivity contribution in [3.63, 3.8) is 0 Å². The highest BCUT2D eigenvalue weighted by molar-refractivity contribution is 6.07. The Morgan fingerprint density at radius 2 is 1.89 bits per heavy atom. The van der Waals surface area contributed by atoms with Crippen LogP contribution in [0, 0.1) is 5.82 Å². The lowest BCUT2D eigenvalue weighted by molar-refractivity contribution is -0.0735. The van der Waals surface area contributed by atoms with E-state index in [1.165, 1.54) is 28.0 Å². The van der Waals surface area contributed by atoms with Crippen molar-refractivity contribution < 1.29 is 19.0 Å². The second kappa shape index (κ2) is 11.0. The molecule has 4 aliphatic rings. The average Bonchev–Trinajstić information content (AvgIpc) is 3.59. The smallest absolute Gasteiger partial charge is 0.274 e. The first-order valence-corrected chi connectivity index (χ1v) is 15.7. The Bertz CT molecular complexity index is 1890. The third kappa shape index (κ3) is 4.79. The van der Waals surface area contributed by atoms with E-state index in [1.807, 2.05) is 16.8 Å². The predicted octanol–water partition coefficient (Wildman–Crippen LogP) is 3.18. The molecule has 0 atom stereocenters. The van der Waals surface area contributed by atoms with Crippen LogP contribution in [0.4, 0.5) is 21.6 Å². The van der Waals surface area contributed by atoms with Crippen LogP contribution >= 0.6 is 0 Å². The minimum Gasteiger partial charge on any atom is -0.392 e. The van der Waals surface area contributed by atoms with Gasteiger partial charge in [-0.1, -0.05) is 0 Å². The number of aryl methyl sites for hydroxylation is 2. The van der Waals surface area contributed by atoms with Crippen molar-refractivity contribution in [2.75, 3.05) is 36.5 Å². The van der Waals surface area contributed by atoms with E-state index >= 15 is 4.39 Å². The van der Waals surface area contributed by atoms with E-state index in [0.717, 1.165) is 64.2 Å². The normalized spacial score (nSPS) is 18.4. The van der Waals surface area contributed by atoms with Crippen LogP contribution in [0.15, 0.2) is 41.3 Å². The van der Waals surface area contributed by atoms with Gasteiger partial charge in [0.05, 0.1) is 43.8 Å². The lowest BCUT2D eigenvalue weighted by atomic mass is 9.97. The standard InChI is InChI=1S/C33H36FN7O4/c1-37-15-21(10-27(32(37)43)35-31-14-23-16-38(24-18-45-19-24)6-9-41(23)36-31)25-12-22(34)13-29(26(25)17-42)40-8-7-39-28-5-3-2-4-20(28)11-30(39)33(40)44/h10-15,24,42H,2-9,16-19H2,1H3,(H,35,36). The largest absolute Gasteiger partial charge is 0.392 e. The Morgan fingerprint density at radius 1 is 1.04 bits per heavy atom. The second-order valence-electron chi connectivity index (χ2n) is 12.5. The number of carbonyl (C=O) groups excluding carboxylic acids is 1. The van der Waals surface area contributed by atoms with E-state index in [0.29, 0.717) is 53.0 Å². The van der Waals surface area contributed by atoms with Gasteiger partial charge in [0, 0.05) is 62.3 Å². The monoisotopic (exact) mass is 613 g/mol. The number of aromatic nitrogens is 4. The molecule has 1 saturated heterocycles. The highest BCUT2D eigenvalue weighted by Gasteiger charge is 2.33. The molecule has 6 heterocycles. The van der Waals surface area contributed by atoms with Gasteiger partial charge in [0.1, 0.15) is 17.2 Å². The molecule has 234 valence electrons. The van der Waals surface area contributed by atoms with Crippen molar-refractivity contribution in [1.82, 2.24) is 23.8 Å². The Hall–Kier alpha value is -4.26. The summed E-state index contributed by atoms with van der Waals surface area (Å²) in [5.41, 5.74) is 5.87. The van der Waals surface area contributed by atoms with Crippen molar-refractivity contribution in [3.8, 4) is 11.1 Å². The van der Waals surface area contributed by atoms with E-state index in [-0.39, 0.29) is 17.2 Å². The number of amides is 1. The molecule has 2 N–H and O–H groups in total. The maximum Gasteiger partial charge on any atom is 0.274 e. The van der Waals surface area contributed by atoms with Gasteiger partial charge in [0.25, 0.3) is 11.5 Å². The van der Waals surface area contributed by atoms with Crippen LogP contribution in [0.5, 0.6) is 0 Å². The summed E-state index contributed by atoms with van der Waals surface area (Å²) in [4.78, 5) is 31.0. The van der Waals surface area contributed by atoms with Gasteiger partial charge in [-0.05, 0) is 61.1 Å². The first kappa shape index (κ1) is 28.2. The number of aliphatic hydroxyl groups excluding tert-OH is 1. The van der Waals surface area contributed by atoms with Crippen LogP contribution in [-0.4, -0.2) is 67.2 Å². The van der Waals surface area contributed by atoms with E-state index in [4.69, 9.17) is 4.74 Å². The van der Waals surface area contributed by atoms with Gasteiger partial charge in [-0.3, -0.25) is 19.2 Å². The number of ether oxygens (including phenoxy) is 1. The Morgan fingerprint density at radius 3 is 2.69 bits per heavy atom. The first-order valence-electron chi connectivity index (χ1n) is 15.7. The summed E-state index contributed by atoms with van der Waals surface area (Å²) < 4.78 is 26.2. The summed E-state index contributed by atoms with van der Waals surface area (Å²) in [5.74, 6) is -0.174. The maximum atomic E-state index is 15.3. The molecular formula is C33H36FN7O4. The van der Waals surface area contributed by atoms with Gasteiger partial charge in [-0.25, -0.2) is 4.39 Å². The molecule has 0 unspecified atom stereocenters. The van der Waals surface area contributed by atoms with Crippen LogP contribution in [-0.2, 0) is 50.9 Å². The number of halogens is 1. The number of nitrogens with one attached hydrogen (secondary N) is 1. The first-order chi connectivity index (χ1) is 21.9. The lowest BCUT2D eigenvalue weighted by Gasteiger charge is -2.39. The quantitative estimate of drug-likeness (QED) is 0.344. The van der Waals surface area contributed by atoms with E-state index in [2.05, 4.69) is 19.9 Å². The highest BCUT2D eigenvalue weighted by Crippen LogP contribution is 2.37. The van der Waals surface area contributed by atoms with Crippen LogP contribution < -0.4 is 15.8 Å². The minimum atomic E-state index is -0.531. The molecule has 1 amide bonds. The van der Waals surface area contributed by atoms with E-state index in [1.54, 1.807) is 24.2 Å². The zero-order valence-corrected chi connectivity index (χ0v) is 25.3. The number of carbonyl (C=O) groups is 1. The molecule has 0 radical (unpaired) electrons. The number of benzene rings is 1. The van der Waals surface area contributed by atoms with Gasteiger partial charge in [0.15, 0.2) is 5.82 Å². The van der Waals surface area contributed by atoms with E-state index < -0.39 is 12.4 Å². The summed E-state index contributed by atoms with van der Waals surface area (Å²) in [7, 11) is 1.64. The van der Waals surface area contributed by atoms with Crippen LogP contribution in [0.25, 0.3) is 11.1 Å². The molecule has 8 rings (SSSR count). The maximum absolute atomic E-state index is 15.3. The molecule has 0 bridgehead atoms. The molecule has 1 aliphatic carbocycles. The number of hydrogen-bond donors (Lipinski definition) is 2. The summed E-state index contributed by atoms with van der Waals surface area (Å²) in [6, 6.07) is 8.70. The number of aliphatic hydroxyl groups is 1. The van der Waals surface area contributed by atoms with Gasteiger partial charge in [0.2, 0.25) is 0 Å². The SMILES string of the molecule is Cn1cc(-c2cc(F)cc(N3CCn4c(cc5c4CCCC5)C3=O)c2CO)cc(Nc2cc3n(n2)CCN(C2COC2)C3)c1=O. The van der Waals surface area contributed by atoms with Gasteiger partial charge >= 0.3 is 0 Å². The summed E-state index contributed by atoms with van der Waals surface area (Å²) >= 11 is 0. The average molecular weight is 614 g/mol. The Kier molecular flexibility index (Phi) is 6.88. The lowest BCUT2D eigenvalue weighted by Crippen LogP contribution is -2.51. The van der Waals surface area contributed by atoms with Crippen LogP contribution in [0.2, 0.25) is 0 Å². The minimum absolute atomic E-state index is 0.197. The van der Waals surface area contributed by atoms with Crippen LogP contribution in [0.1, 0.15) is 45.8 Å². The zero-order chi connectivity index (χ0) is 30.8. The van der Waals surface area contributed by atoms with Crippen molar-refractivity contribution >= 4 is 23.1 Å². The number of fused-ring (bicyclic) bond motifs is 4. The predicted molar refractivity (Wildman–Crippen MR) is 166 cm³/mol. The van der Waals surface area contributed by atoms with Crippen molar-refractivity contribution in [2.24, 2.45) is 7.05 Å². The van der Waals surface area contributed by atoms with Crippen molar-refractivity contribution in [2.45, 2.75) is 58.0 Å². The van der Waals surface area contributed by atoms with Gasteiger partial charge < -0.3 is 29.2 Å². The van der Waals surface area contributed by atoms with Crippen LogP contribution in [0.3, 0.4) is 0 Å². The van der Waals surface area contributed by atoms with Crippen molar-refractivity contribution in [1.29, 1.82) is 0 Å². The fourth-order valence-corrected chi connectivity index (χ4v) is 7.33. The summed E-state index contributed by atoms with van der Waals surface area (Å²) in [6.07, 6.45) is 5.79. The molecule has 0 spiro atoms. The molecule has 11 nitrogen and oxygen atoms in total. The number of anilines is 3. The third-order valence-electron chi connectivity index (χ3n) is 9.78.